The van der Waals surface area contributed by atoms with Crippen molar-refractivity contribution in [1.82, 2.24) is 4.90 Å². The third kappa shape index (κ3) is 3.62. The second-order valence-corrected chi connectivity index (χ2v) is 6.79. The molecule has 0 aliphatic carbocycles. The monoisotopic (exact) mass is 389 g/mol. The highest BCUT2D eigenvalue weighted by Crippen LogP contribution is 2.25. The summed E-state index contributed by atoms with van der Waals surface area (Å²) in [4.78, 5) is 14.4. The molecular weight excluding hydrogens is 370 g/mol. The van der Waals surface area contributed by atoms with Crippen molar-refractivity contribution in [2.45, 2.75) is 19.1 Å². The molecule has 2 aromatic carbocycles. The van der Waals surface area contributed by atoms with Gasteiger partial charge in [-0.05, 0) is 45.3 Å². The van der Waals surface area contributed by atoms with Gasteiger partial charge in [-0.1, -0.05) is 24.3 Å². The van der Waals surface area contributed by atoms with Crippen molar-refractivity contribution in [2.75, 3.05) is 20.7 Å². The molecule has 0 saturated carbocycles. The van der Waals surface area contributed by atoms with Crippen LogP contribution in [0.4, 0.5) is 0 Å². The van der Waals surface area contributed by atoms with E-state index >= 15 is 0 Å². The number of hydrogen-bond donors (Lipinski definition) is 0. The van der Waals surface area contributed by atoms with Gasteiger partial charge in [0.05, 0.1) is 25.4 Å². The fourth-order valence-electron chi connectivity index (χ4n) is 2.92. The van der Waals surface area contributed by atoms with Crippen LogP contribution in [0.25, 0.3) is 0 Å². The second-order valence-electron chi connectivity index (χ2n) is 5.94. The molecule has 1 amide bonds. The lowest BCUT2D eigenvalue weighted by molar-refractivity contribution is 0.00982. The van der Waals surface area contributed by atoms with E-state index in [4.69, 9.17) is 9.47 Å². The number of halogens is 1. The molecule has 0 bridgehead atoms. The average molecular weight is 390 g/mol. The summed E-state index contributed by atoms with van der Waals surface area (Å²) in [6.07, 6.45) is 0.839. The van der Waals surface area contributed by atoms with Crippen molar-refractivity contribution in [3.8, 4) is 5.75 Å². The maximum atomic E-state index is 12.7. The Labute approximate surface area is 150 Å². The van der Waals surface area contributed by atoms with Crippen molar-refractivity contribution in [1.29, 1.82) is 0 Å². The first-order valence-electron chi connectivity index (χ1n) is 7.86. The number of fused-ring (bicyclic) bond motifs is 1. The van der Waals surface area contributed by atoms with Gasteiger partial charge in [0.25, 0.3) is 5.91 Å². The van der Waals surface area contributed by atoms with Crippen LogP contribution in [0.2, 0.25) is 0 Å². The summed E-state index contributed by atoms with van der Waals surface area (Å²) in [6, 6.07) is 13.7. The van der Waals surface area contributed by atoms with Gasteiger partial charge in [0.1, 0.15) is 5.75 Å². The van der Waals surface area contributed by atoms with Gasteiger partial charge in [-0.15, -0.1) is 0 Å². The molecule has 1 aliphatic heterocycles. The molecule has 0 aromatic heterocycles. The quantitative estimate of drug-likeness (QED) is 0.800. The standard InChI is InChI=1S/C19H20BrNO3/c1-21(19(22)17-10-15(23-2)7-8-18(17)20)11-16-9-13-5-3-4-6-14(13)12-24-16/h3-8,10,16H,9,11-12H2,1-2H3. The van der Waals surface area contributed by atoms with Crippen LogP contribution in [-0.4, -0.2) is 37.6 Å². The van der Waals surface area contributed by atoms with Crippen LogP contribution in [0.3, 0.4) is 0 Å². The van der Waals surface area contributed by atoms with Crippen LogP contribution in [0.1, 0.15) is 21.5 Å². The number of likely N-dealkylation sites (N-methyl/N-ethyl adjacent to an activating group) is 1. The lowest BCUT2D eigenvalue weighted by Crippen LogP contribution is -2.38. The summed E-state index contributed by atoms with van der Waals surface area (Å²) in [7, 11) is 3.40. The summed E-state index contributed by atoms with van der Waals surface area (Å²) in [5.41, 5.74) is 3.13. The van der Waals surface area contributed by atoms with Crippen LogP contribution in [0.15, 0.2) is 46.9 Å². The Kier molecular flexibility index (Phi) is 5.21. The van der Waals surface area contributed by atoms with E-state index in [9.17, 15) is 4.79 Å². The predicted octanol–water partition coefficient (Wildman–Crippen LogP) is 3.67. The van der Waals surface area contributed by atoms with Crippen LogP contribution in [-0.2, 0) is 17.8 Å². The van der Waals surface area contributed by atoms with E-state index in [1.54, 1.807) is 25.1 Å². The van der Waals surface area contributed by atoms with Crippen molar-refractivity contribution in [3.05, 3.63) is 63.6 Å². The largest absolute Gasteiger partial charge is 0.497 e. The topological polar surface area (TPSA) is 38.8 Å². The SMILES string of the molecule is COc1ccc(Br)c(C(=O)N(C)CC2Cc3ccccc3CO2)c1. The maximum Gasteiger partial charge on any atom is 0.254 e. The predicted molar refractivity (Wildman–Crippen MR) is 96.4 cm³/mol. The van der Waals surface area contributed by atoms with Gasteiger partial charge in [0, 0.05) is 24.5 Å². The van der Waals surface area contributed by atoms with E-state index in [0.29, 0.717) is 24.5 Å². The molecule has 24 heavy (non-hydrogen) atoms. The third-order valence-electron chi connectivity index (χ3n) is 4.27. The van der Waals surface area contributed by atoms with Crippen LogP contribution in [0.5, 0.6) is 5.75 Å². The van der Waals surface area contributed by atoms with Crippen molar-refractivity contribution >= 4 is 21.8 Å². The molecule has 1 heterocycles. The van der Waals surface area contributed by atoms with E-state index in [2.05, 4.69) is 28.1 Å². The summed E-state index contributed by atoms with van der Waals surface area (Å²) in [5, 5.41) is 0. The van der Waals surface area contributed by atoms with Gasteiger partial charge in [-0.25, -0.2) is 0 Å². The number of ether oxygens (including phenoxy) is 2. The Morgan fingerprint density at radius 3 is 2.79 bits per heavy atom. The maximum absolute atomic E-state index is 12.7. The lowest BCUT2D eigenvalue weighted by atomic mass is 9.99. The van der Waals surface area contributed by atoms with Crippen LogP contribution < -0.4 is 4.74 Å². The summed E-state index contributed by atoms with van der Waals surface area (Å²) < 4.78 is 11.9. The Hall–Kier alpha value is -1.85. The first-order chi connectivity index (χ1) is 11.6. The van der Waals surface area contributed by atoms with E-state index in [-0.39, 0.29) is 12.0 Å². The first-order valence-corrected chi connectivity index (χ1v) is 8.65. The number of rotatable bonds is 4. The first kappa shape index (κ1) is 17.0. The second kappa shape index (κ2) is 7.36. The van der Waals surface area contributed by atoms with Crippen LogP contribution >= 0.6 is 15.9 Å². The van der Waals surface area contributed by atoms with Gasteiger partial charge < -0.3 is 14.4 Å². The Balaban J connectivity index is 1.69. The normalized spacial score (nSPS) is 16.4. The smallest absolute Gasteiger partial charge is 0.254 e. The van der Waals surface area contributed by atoms with E-state index in [1.165, 1.54) is 11.1 Å². The average Bonchev–Trinajstić information content (AvgIpc) is 2.61. The van der Waals surface area contributed by atoms with Gasteiger partial charge in [0.15, 0.2) is 0 Å². The van der Waals surface area contributed by atoms with Crippen LogP contribution in [0, 0.1) is 0 Å². The number of amides is 1. The summed E-state index contributed by atoms with van der Waals surface area (Å²) >= 11 is 3.44. The number of carbonyl (C=O) groups excluding carboxylic acids is 1. The Morgan fingerprint density at radius 1 is 1.29 bits per heavy atom. The van der Waals surface area contributed by atoms with Gasteiger partial charge in [-0.3, -0.25) is 4.79 Å². The minimum atomic E-state index is -0.0526. The molecule has 0 radical (unpaired) electrons. The molecule has 1 atom stereocenters. The molecule has 3 rings (SSSR count). The number of methoxy groups -OCH3 is 1. The van der Waals surface area contributed by atoms with Crippen molar-refractivity contribution in [3.63, 3.8) is 0 Å². The molecule has 0 spiro atoms. The zero-order valence-corrected chi connectivity index (χ0v) is 15.4. The summed E-state index contributed by atoms with van der Waals surface area (Å²) in [5.74, 6) is 0.612. The molecule has 0 fully saturated rings. The minimum Gasteiger partial charge on any atom is -0.497 e. The minimum absolute atomic E-state index is 0.0123. The van der Waals surface area contributed by atoms with Gasteiger partial charge in [0.2, 0.25) is 0 Å². The highest BCUT2D eigenvalue weighted by molar-refractivity contribution is 9.10. The third-order valence-corrected chi connectivity index (χ3v) is 4.96. The zero-order chi connectivity index (χ0) is 17.1. The summed E-state index contributed by atoms with van der Waals surface area (Å²) in [6.45, 7) is 1.16. The molecule has 1 aliphatic rings. The van der Waals surface area contributed by atoms with Gasteiger partial charge in [-0.2, -0.15) is 0 Å². The van der Waals surface area contributed by atoms with Crippen molar-refractivity contribution in [2.24, 2.45) is 0 Å². The van der Waals surface area contributed by atoms with E-state index in [0.717, 1.165) is 10.9 Å². The number of nitrogens with zero attached hydrogens (tertiary/aromatic N) is 1. The van der Waals surface area contributed by atoms with Crippen molar-refractivity contribution < 1.29 is 14.3 Å². The molecule has 5 heteroatoms. The number of carbonyl (C=O) groups is 1. The molecule has 0 N–H and O–H groups in total. The zero-order valence-electron chi connectivity index (χ0n) is 13.8. The van der Waals surface area contributed by atoms with E-state index in [1.807, 2.05) is 24.3 Å². The highest BCUT2D eigenvalue weighted by Gasteiger charge is 2.23. The van der Waals surface area contributed by atoms with E-state index < -0.39 is 0 Å². The molecule has 126 valence electrons. The molecule has 1 unspecified atom stereocenters. The molecular formula is C19H20BrNO3. The lowest BCUT2D eigenvalue weighted by Gasteiger charge is -2.29. The fourth-order valence-corrected chi connectivity index (χ4v) is 3.33. The molecule has 4 nitrogen and oxygen atoms in total. The Bertz CT molecular complexity index is 747. The number of benzene rings is 2. The number of hydrogen-bond acceptors (Lipinski definition) is 3. The molecule has 0 saturated heterocycles. The van der Waals surface area contributed by atoms with Gasteiger partial charge >= 0.3 is 0 Å². The molecule has 2 aromatic rings. The Morgan fingerprint density at radius 2 is 2.04 bits per heavy atom. The highest BCUT2D eigenvalue weighted by atomic mass is 79.9. The fraction of sp³-hybridized carbons (Fsp3) is 0.316.